The van der Waals surface area contributed by atoms with Crippen molar-refractivity contribution in [3.05, 3.63) is 23.8 Å². The predicted octanol–water partition coefficient (Wildman–Crippen LogP) is 5.10. The van der Waals surface area contributed by atoms with Crippen molar-refractivity contribution in [2.24, 2.45) is 0 Å². The van der Waals surface area contributed by atoms with E-state index in [0.717, 1.165) is 25.0 Å². The van der Waals surface area contributed by atoms with Gasteiger partial charge in [0.1, 0.15) is 11.2 Å². The standard InChI is InChI=1S/C16H24F2O2/c1-7-15(3,4)19-13-9-11(17)12(18)10-14(13)20-16(5,6)8-2/h9-10H,7-8H2,1-6H3. The molecule has 0 saturated carbocycles. The van der Waals surface area contributed by atoms with Crippen molar-refractivity contribution < 1.29 is 18.3 Å². The third-order valence-electron chi connectivity index (χ3n) is 3.46. The lowest BCUT2D eigenvalue weighted by molar-refractivity contribution is 0.0718. The first-order valence-electron chi connectivity index (χ1n) is 6.97. The van der Waals surface area contributed by atoms with E-state index >= 15 is 0 Å². The van der Waals surface area contributed by atoms with E-state index < -0.39 is 22.8 Å². The largest absolute Gasteiger partial charge is 0.484 e. The van der Waals surface area contributed by atoms with Gasteiger partial charge in [0.15, 0.2) is 23.1 Å². The van der Waals surface area contributed by atoms with Crippen LogP contribution in [0, 0.1) is 11.6 Å². The average molecular weight is 286 g/mol. The van der Waals surface area contributed by atoms with Crippen molar-refractivity contribution in [1.29, 1.82) is 0 Å². The molecule has 0 aliphatic heterocycles. The van der Waals surface area contributed by atoms with Crippen LogP contribution >= 0.6 is 0 Å². The molecule has 0 aliphatic carbocycles. The molecule has 0 aromatic heterocycles. The van der Waals surface area contributed by atoms with Crippen LogP contribution < -0.4 is 9.47 Å². The fourth-order valence-corrected chi connectivity index (χ4v) is 1.41. The summed E-state index contributed by atoms with van der Waals surface area (Å²) >= 11 is 0. The molecule has 0 heterocycles. The normalized spacial score (nSPS) is 12.4. The van der Waals surface area contributed by atoms with Crippen LogP contribution in [0.1, 0.15) is 54.4 Å². The highest BCUT2D eigenvalue weighted by Gasteiger charge is 2.25. The highest BCUT2D eigenvalue weighted by molar-refractivity contribution is 5.41. The van der Waals surface area contributed by atoms with Crippen molar-refractivity contribution in [2.45, 2.75) is 65.6 Å². The lowest BCUT2D eigenvalue weighted by atomic mass is 10.1. The molecular formula is C16H24F2O2. The average Bonchev–Trinajstić information content (AvgIpc) is 2.35. The van der Waals surface area contributed by atoms with Gasteiger partial charge in [0.25, 0.3) is 0 Å². The second-order valence-electron chi connectivity index (χ2n) is 6.14. The van der Waals surface area contributed by atoms with Crippen LogP contribution in [0.5, 0.6) is 11.5 Å². The fourth-order valence-electron chi connectivity index (χ4n) is 1.41. The first-order valence-corrected chi connectivity index (χ1v) is 6.97. The molecule has 0 atom stereocenters. The molecule has 20 heavy (non-hydrogen) atoms. The molecule has 1 aromatic rings. The van der Waals surface area contributed by atoms with Crippen LogP contribution in [0.4, 0.5) is 8.78 Å². The van der Waals surface area contributed by atoms with Gasteiger partial charge in [-0.1, -0.05) is 13.8 Å². The Kier molecular flexibility index (Phi) is 5.00. The summed E-state index contributed by atoms with van der Waals surface area (Å²) in [5.41, 5.74) is -0.947. The van der Waals surface area contributed by atoms with E-state index in [0.29, 0.717) is 0 Å². The minimum atomic E-state index is -0.937. The van der Waals surface area contributed by atoms with Crippen LogP contribution in [0.25, 0.3) is 0 Å². The van der Waals surface area contributed by atoms with Gasteiger partial charge in [0.2, 0.25) is 0 Å². The van der Waals surface area contributed by atoms with Gasteiger partial charge in [0.05, 0.1) is 0 Å². The van der Waals surface area contributed by atoms with Crippen molar-refractivity contribution in [2.75, 3.05) is 0 Å². The van der Waals surface area contributed by atoms with E-state index in [1.54, 1.807) is 0 Å². The number of hydrogen-bond donors (Lipinski definition) is 0. The minimum absolute atomic E-state index is 0.234. The third-order valence-corrected chi connectivity index (χ3v) is 3.46. The van der Waals surface area contributed by atoms with E-state index in [-0.39, 0.29) is 11.5 Å². The molecule has 4 heteroatoms. The summed E-state index contributed by atoms with van der Waals surface area (Å²) in [6.07, 6.45) is 1.48. The van der Waals surface area contributed by atoms with E-state index in [4.69, 9.17) is 9.47 Å². The summed E-state index contributed by atoms with van der Waals surface area (Å²) in [6.45, 7) is 11.5. The maximum absolute atomic E-state index is 13.4. The molecule has 0 spiro atoms. The second kappa shape index (κ2) is 5.98. The van der Waals surface area contributed by atoms with Gasteiger partial charge in [0, 0.05) is 12.1 Å². The summed E-state index contributed by atoms with van der Waals surface area (Å²) in [5, 5.41) is 0. The maximum Gasteiger partial charge on any atom is 0.165 e. The first-order chi connectivity index (χ1) is 9.10. The maximum atomic E-state index is 13.4. The van der Waals surface area contributed by atoms with E-state index in [9.17, 15) is 8.78 Å². The van der Waals surface area contributed by atoms with E-state index in [1.165, 1.54) is 0 Å². The van der Waals surface area contributed by atoms with Crippen LogP contribution in [0.15, 0.2) is 12.1 Å². The van der Waals surface area contributed by atoms with Crippen molar-refractivity contribution in [1.82, 2.24) is 0 Å². The van der Waals surface area contributed by atoms with Gasteiger partial charge < -0.3 is 9.47 Å². The summed E-state index contributed by atoms with van der Waals surface area (Å²) in [7, 11) is 0. The fraction of sp³-hybridized carbons (Fsp3) is 0.625. The molecule has 0 fully saturated rings. The predicted molar refractivity (Wildman–Crippen MR) is 76.4 cm³/mol. The zero-order chi connectivity index (χ0) is 15.6. The third kappa shape index (κ3) is 4.36. The van der Waals surface area contributed by atoms with Gasteiger partial charge in [-0.05, 0) is 40.5 Å². The van der Waals surface area contributed by atoms with Crippen LogP contribution in [0.2, 0.25) is 0 Å². The molecule has 1 aromatic carbocycles. The van der Waals surface area contributed by atoms with Gasteiger partial charge in [-0.25, -0.2) is 8.78 Å². The van der Waals surface area contributed by atoms with Gasteiger partial charge in [-0.3, -0.25) is 0 Å². The van der Waals surface area contributed by atoms with Gasteiger partial charge in [-0.2, -0.15) is 0 Å². The second-order valence-corrected chi connectivity index (χ2v) is 6.14. The number of rotatable bonds is 6. The molecule has 0 bridgehead atoms. The van der Waals surface area contributed by atoms with Crippen molar-refractivity contribution in [3.63, 3.8) is 0 Å². The Morgan fingerprint density at radius 3 is 1.35 bits per heavy atom. The Balaban J connectivity index is 3.17. The van der Waals surface area contributed by atoms with Crippen LogP contribution in [-0.4, -0.2) is 11.2 Å². The molecule has 0 unspecified atom stereocenters. The van der Waals surface area contributed by atoms with Gasteiger partial charge in [-0.15, -0.1) is 0 Å². The van der Waals surface area contributed by atoms with Gasteiger partial charge >= 0.3 is 0 Å². The Hall–Kier alpha value is -1.32. The van der Waals surface area contributed by atoms with Crippen molar-refractivity contribution >= 4 is 0 Å². The van der Waals surface area contributed by atoms with Crippen molar-refractivity contribution in [3.8, 4) is 11.5 Å². The Morgan fingerprint density at radius 1 is 0.800 bits per heavy atom. The molecule has 0 saturated heterocycles. The molecular weight excluding hydrogens is 262 g/mol. The quantitative estimate of drug-likeness (QED) is 0.724. The zero-order valence-electron chi connectivity index (χ0n) is 13.1. The molecule has 114 valence electrons. The van der Waals surface area contributed by atoms with Crippen LogP contribution in [0.3, 0.4) is 0 Å². The molecule has 0 N–H and O–H groups in total. The highest BCUT2D eigenvalue weighted by atomic mass is 19.2. The summed E-state index contributed by atoms with van der Waals surface area (Å²) < 4.78 is 38.4. The van der Waals surface area contributed by atoms with Crippen LogP contribution in [-0.2, 0) is 0 Å². The topological polar surface area (TPSA) is 18.5 Å². The van der Waals surface area contributed by atoms with E-state index in [2.05, 4.69) is 0 Å². The Morgan fingerprint density at radius 2 is 1.10 bits per heavy atom. The molecule has 0 aliphatic rings. The number of halogens is 2. The first kappa shape index (κ1) is 16.7. The Bertz CT molecular complexity index is 425. The van der Waals surface area contributed by atoms with E-state index in [1.807, 2.05) is 41.5 Å². The number of benzene rings is 1. The Labute approximate surface area is 120 Å². The number of ether oxygens (including phenoxy) is 2. The molecule has 0 radical (unpaired) electrons. The monoisotopic (exact) mass is 286 g/mol. The minimum Gasteiger partial charge on any atom is -0.484 e. The highest BCUT2D eigenvalue weighted by Crippen LogP contribution is 2.36. The smallest absolute Gasteiger partial charge is 0.165 e. The summed E-state index contributed by atoms with van der Waals surface area (Å²) in [5.74, 6) is -1.41. The summed E-state index contributed by atoms with van der Waals surface area (Å²) in [6, 6.07) is 2.10. The lowest BCUT2D eigenvalue weighted by Crippen LogP contribution is -2.30. The SMILES string of the molecule is CCC(C)(C)Oc1cc(F)c(F)cc1OC(C)(C)CC. The number of hydrogen-bond acceptors (Lipinski definition) is 2. The molecule has 2 nitrogen and oxygen atoms in total. The molecule has 0 amide bonds. The lowest BCUT2D eigenvalue weighted by Gasteiger charge is -2.30. The zero-order valence-corrected chi connectivity index (χ0v) is 13.1. The molecule has 1 rings (SSSR count). The summed E-state index contributed by atoms with van der Waals surface area (Å²) in [4.78, 5) is 0.